The zero-order valence-corrected chi connectivity index (χ0v) is 12.5. The lowest BCUT2D eigenvalue weighted by Gasteiger charge is -2.30. The van der Waals surface area contributed by atoms with E-state index in [2.05, 4.69) is 20.9 Å². The predicted octanol–water partition coefficient (Wildman–Crippen LogP) is 3.72. The zero-order valence-electron chi connectivity index (χ0n) is 10.9. The average molecular weight is 353 g/mol. The summed E-state index contributed by atoms with van der Waals surface area (Å²) in [5, 5.41) is 0. The molecule has 1 aliphatic rings. The van der Waals surface area contributed by atoms with Gasteiger partial charge < -0.3 is 4.90 Å². The number of fused-ring (bicyclic) bond motifs is 1. The summed E-state index contributed by atoms with van der Waals surface area (Å²) in [7, 11) is 0. The van der Waals surface area contributed by atoms with Gasteiger partial charge >= 0.3 is 0 Å². The summed E-state index contributed by atoms with van der Waals surface area (Å²) < 4.78 is 28.0. The summed E-state index contributed by atoms with van der Waals surface area (Å²) in [6, 6.07) is 5.63. The van der Waals surface area contributed by atoms with Crippen molar-refractivity contribution in [2.24, 2.45) is 0 Å². The Hall–Kier alpha value is -1.82. The molecule has 0 saturated carbocycles. The molecule has 0 fully saturated rings. The first-order chi connectivity index (χ1) is 10.1. The second kappa shape index (κ2) is 5.52. The lowest BCUT2D eigenvalue weighted by atomic mass is 10.0. The molecule has 0 spiro atoms. The van der Waals surface area contributed by atoms with E-state index in [4.69, 9.17) is 0 Å². The van der Waals surface area contributed by atoms with Crippen LogP contribution < -0.4 is 4.90 Å². The van der Waals surface area contributed by atoms with Gasteiger partial charge in [-0.3, -0.25) is 4.79 Å². The van der Waals surface area contributed by atoms with Crippen LogP contribution in [-0.2, 0) is 6.42 Å². The van der Waals surface area contributed by atoms with Crippen LogP contribution in [-0.4, -0.2) is 17.4 Å². The summed E-state index contributed by atoms with van der Waals surface area (Å²) in [5.74, 6) is -1.60. The molecule has 21 heavy (non-hydrogen) atoms. The Bertz CT molecular complexity index is 721. The van der Waals surface area contributed by atoms with Gasteiger partial charge in [-0.05, 0) is 36.6 Å². The molecule has 0 unspecified atom stereocenters. The van der Waals surface area contributed by atoms with Crippen LogP contribution in [0.15, 0.2) is 34.9 Å². The van der Waals surface area contributed by atoms with E-state index in [0.717, 1.165) is 18.1 Å². The molecule has 3 rings (SSSR count). The Morgan fingerprint density at radius 2 is 2.10 bits per heavy atom. The maximum atomic E-state index is 14.2. The fourth-order valence-corrected chi connectivity index (χ4v) is 3.02. The van der Waals surface area contributed by atoms with Crippen LogP contribution in [0.25, 0.3) is 0 Å². The minimum absolute atomic E-state index is 0.165. The number of anilines is 1. The maximum absolute atomic E-state index is 14.2. The summed E-state index contributed by atoms with van der Waals surface area (Å²) >= 11 is 3.25. The standard InChI is InChI=1S/C15H11BrF2N2O/c16-11-6-9-2-1-5-20(14(9)12(17)8-11)15(21)10-3-4-19-13(18)7-10/h3-4,6-8H,1-2,5H2. The molecule has 108 valence electrons. The number of amides is 1. The van der Waals surface area contributed by atoms with Crippen LogP contribution >= 0.6 is 15.9 Å². The van der Waals surface area contributed by atoms with Crippen LogP contribution in [0, 0.1) is 11.8 Å². The number of aromatic nitrogens is 1. The molecule has 0 radical (unpaired) electrons. The fraction of sp³-hybridized carbons (Fsp3) is 0.200. The minimum Gasteiger partial charge on any atom is -0.305 e. The highest BCUT2D eigenvalue weighted by Crippen LogP contribution is 2.33. The van der Waals surface area contributed by atoms with Crippen molar-refractivity contribution in [3.63, 3.8) is 0 Å². The molecule has 1 aliphatic heterocycles. The van der Waals surface area contributed by atoms with Crippen molar-refractivity contribution in [3.8, 4) is 0 Å². The van der Waals surface area contributed by atoms with Gasteiger partial charge in [0.1, 0.15) is 5.82 Å². The van der Waals surface area contributed by atoms with Gasteiger partial charge in [0, 0.05) is 28.8 Å². The molecule has 0 bridgehead atoms. The van der Waals surface area contributed by atoms with Crippen molar-refractivity contribution in [2.45, 2.75) is 12.8 Å². The first kappa shape index (κ1) is 14.1. The first-order valence-corrected chi connectivity index (χ1v) is 7.27. The fourth-order valence-electron chi connectivity index (χ4n) is 2.55. The Kier molecular flexibility index (Phi) is 3.71. The molecule has 6 heteroatoms. The third kappa shape index (κ3) is 2.68. The van der Waals surface area contributed by atoms with E-state index in [9.17, 15) is 13.6 Å². The third-order valence-electron chi connectivity index (χ3n) is 3.42. The van der Waals surface area contributed by atoms with Gasteiger partial charge in [-0.1, -0.05) is 15.9 Å². The maximum Gasteiger partial charge on any atom is 0.258 e. The van der Waals surface area contributed by atoms with Gasteiger partial charge in [-0.15, -0.1) is 0 Å². The molecule has 2 aromatic rings. The van der Waals surface area contributed by atoms with E-state index in [-0.39, 0.29) is 11.3 Å². The van der Waals surface area contributed by atoms with Crippen molar-refractivity contribution in [2.75, 3.05) is 11.4 Å². The van der Waals surface area contributed by atoms with Crippen LogP contribution in [0.2, 0.25) is 0 Å². The molecule has 0 saturated heterocycles. The Morgan fingerprint density at radius 3 is 2.86 bits per heavy atom. The predicted molar refractivity (Wildman–Crippen MR) is 78.3 cm³/mol. The number of hydrogen-bond acceptors (Lipinski definition) is 2. The van der Waals surface area contributed by atoms with Crippen molar-refractivity contribution in [1.82, 2.24) is 4.98 Å². The normalized spacial score (nSPS) is 14.0. The number of pyridine rings is 1. The van der Waals surface area contributed by atoms with E-state index in [0.29, 0.717) is 17.4 Å². The lowest BCUT2D eigenvalue weighted by molar-refractivity contribution is 0.0983. The Balaban J connectivity index is 2.04. The molecule has 2 heterocycles. The van der Waals surface area contributed by atoms with Gasteiger partial charge in [-0.25, -0.2) is 9.37 Å². The molecule has 0 atom stereocenters. The summed E-state index contributed by atoms with van der Waals surface area (Å²) in [4.78, 5) is 17.3. The van der Waals surface area contributed by atoms with E-state index in [1.165, 1.54) is 23.2 Å². The van der Waals surface area contributed by atoms with Gasteiger partial charge in [0.05, 0.1) is 5.69 Å². The van der Waals surface area contributed by atoms with Crippen LogP contribution in [0.5, 0.6) is 0 Å². The second-order valence-corrected chi connectivity index (χ2v) is 5.74. The number of hydrogen-bond donors (Lipinski definition) is 0. The molecular formula is C15H11BrF2N2O. The Morgan fingerprint density at radius 1 is 1.29 bits per heavy atom. The SMILES string of the molecule is O=C(c1ccnc(F)c1)N1CCCc2cc(Br)cc(F)c21. The highest BCUT2D eigenvalue weighted by Gasteiger charge is 2.27. The van der Waals surface area contributed by atoms with Crippen molar-refractivity contribution in [3.05, 3.63) is 57.8 Å². The highest BCUT2D eigenvalue weighted by atomic mass is 79.9. The monoisotopic (exact) mass is 352 g/mol. The van der Waals surface area contributed by atoms with E-state index < -0.39 is 17.7 Å². The smallest absolute Gasteiger partial charge is 0.258 e. The zero-order chi connectivity index (χ0) is 15.0. The van der Waals surface area contributed by atoms with Gasteiger partial charge in [0.15, 0.2) is 0 Å². The Labute approximate surface area is 128 Å². The highest BCUT2D eigenvalue weighted by molar-refractivity contribution is 9.10. The molecule has 1 aromatic carbocycles. The van der Waals surface area contributed by atoms with Crippen molar-refractivity contribution in [1.29, 1.82) is 0 Å². The number of rotatable bonds is 1. The molecular weight excluding hydrogens is 342 g/mol. The minimum atomic E-state index is -0.727. The quantitative estimate of drug-likeness (QED) is 0.733. The molecule has 0 N–H and O–H groups in total. The summed E-state index contributed by atoms with van der Waals surface area (Å²) in [6.07, 6.45) is 2.67. The number of benzene rings is 1. The summed E-state index contributed by atoms with van der Waals surface area (Å²) in [6.45, 7) is 0.411. The van der Waals surface area contributed by atoms with E-state index in [1.807, 2.05) is 6.07 Å². The van der Waals surface area contributed by atoms with Crippen LogP contribution in [0.4, 0.5) is 14.5 Å². The second-order valence-electron chi connectivity index (χ2n) is 4.82. The molecule has 1 aromatic heterocycles. The molecule has 0 aliphatic carbocycles. The van der Waals surface area contributed by atoms with Crippen LogP contribution in [0.1, 0.15) is 22.3 Å². The number of aryl methyl sites for hydroxylation is 1. The topological polar surface area (TPSA) is 33.2 Å². The van der Waals surface area contributed by atoms with E-state index in [1.54, 1.807) is 0 Å². The van der Waals surface area contributed by atoms with Crippen molar-refractivity contribution < 1.29 is 13.6 Å². The first-order valence-electron chi connectivity index (χ1n) is 6.47. The van der Waals surface area contributed by atoms with Gasteiger partial charge in [0.2, 0.25) is 5.95 Å². The number of nitrogens with zero attached hydrogens (tertiary/aromatic N) is 2. The molecule has 3 nitrogen and oxygen atoms in total. The summed E-state index contributed by atoms with van der Waals surface area (Å²) in [5.41, 5.74) is 1.22. The average Bonchev–Trinajstić information content (AvgIpc) is 2.45. The van der Waals surface area contributed by atoms with Gasteiger partial charge in [0.25, 0.3) is 5.91 Å². The number of halogens is 3. The number of carbonyl (C=O) groups excluding carboxylic acids is 1. The van der Waals surface area contributed by atoms with Crippen LogP contribution in [0.3, 0.4) is 0 Å². The lowest BCUT2D eigenvalue weighted by Crippen LogP contribution is -2.36. The largest absolute Gasteiger partial charge is 0.305 e. The number of carbonyl (C=O) groups is 1. The van der Waals surface area contributed by atoms with E-state index >= 15 is 0 Å². The third-order valence-corrected chi connectivity index (χ3v) is 3.88. The van der Waals surface area contributed by atoms with Crippen molar-refractivity contribution >= 4 is 27.5 Å². The molecule has 1 amide bonds. The van der Waals surface area contributed by atoms with Gasteiger partial charge in [-0.2, -0.15) is 4.39 Å².